The Morgan fingerprint density at radius 1 is 0.429 bits per heavy atom. The number of carbonyl (C=O) groups is 2. The van der Waals surface area contributed by atoms with E-state index < -0.39 is 11.9 Å². The molecule has 2 aromatic heterocycles. The van der Waals surface area contributed by atoms with Crippen LogP contribution in [0.5, 0.6) is 11.5 Å². The number of para-hydroxylation sites is 2. The summed E-state index contributed by atoms with van der Waals surface area (Å²) < 4.78 is 0. The zero-order valence-corrected chi connectivity index (χ0v) is 29.8. The highest BCUT2D eigenvalue weighted by atomic mass is 16.4. The topological polar surface area (TPSA) is 265 Å². The number of aromatic nitrogens is 6. The highest BCUT2D eigenvalue weighted by molar-refractivity contribution is 5.95. The second-order valence-corrected chi connectivity index (χ2v) is 12.1. The monoisotopic (exact) mass is 758 g/mol. The number of rotatable bonds is 19. The van der Waals surface area contributed by atoms with Crippen LogP contribution >= 0.6 is 0 Å². The number of benzene rings is 4. The van der Waals surface area contributed by atoms with Crippen LogP contribution < -0.4 is 31.9 Å². The van der Waals surface area contributed by atoms with E-state index in [1.54, 1.807) is 60.7 Å². The number of aromatic carboxylic acids is 2. The van der Waals surface area contributed by atoms with Crippen molar-refractivity contribution in [3.8, 4) is 11.5 Å². The van der Waals surface area contributed by atoms with Gasteiger partial charge in [-0.15, -0.1) is 0 Å². The Morgan fingerprint density at radius 3 is 1.11 bits per heavy atom. The quantitative estimate of drug-likeness (QED) is 0.0477. The predicted molar refractivity (Wildman–Crippen MR) is 211 cm³/mol. The molecule has 0 aliphatic rings. The van der Waals surface area contributed by atoms with E-state index in [0.717, 1.165) is 11.1 Å². The Bertz CT molecular complexity index is 2120. The second-order valence-electron chi connectivity index (χ2n) is 12.1. The van der Waals surface area contributed by atoms with E-state index in [1.807, 2.05) is 24.3 Å². The van der Waals surface area contributed by atoms with Gasteiger partial charge in [-0.3, -0.25) is 0 Å². The lowest BCUT2D eigenvalue weighted by molar-refractivity contribution is 0.0687. The van der Waals surface area contributed by atoms with Crippen LogP contribution in [0.4, 0.5) is 47.1 Å². The summed E-state index contributed by atoms with van der Waals surface area (Å²) in [7, 11) is 0. The molecule has 2 heterocycles. The Kier molecular flexibility index (Phi) is 12.4. The van der Waals surface area contributed by atoms with Gasteiger partial charge in [-0.25, -0.2) is 9.59 Å². The van der Waals surface area contributed by atoms with Crippen LogP contribution in [0.2, 0.25) is 0 Å². The number of hydrogen-bond donors (Lipinski definition) is 10. The fourth-order valence-electron chi connectivity index (χ4n) is 5.29. The molecule has 0 aliphatic carbocycles. The van der Waals surface area contributed by atoms with E-state index in [1.165, 1.54) is 12.1 Å². The smallest absolute Gasteiger partial charge is 0.337 e. The van der Waals surface area contributed by atoms with Gasteiger partial charge in [0.05, 0.1) is 22.5 Å². The van der Waals surface area contributed by atoms with Crippen LogP contribution in [0.3, 0.4) is 0 Å². The average molecular weight is 759 g/mol. The molecule has 18 nitrogen and oxygen atoms in total. The second kappa shape index (κ2) is 18.3. The maximum atomic E-state index is 11.8. The van der Waals surface area contributed by atoms with E-state index >= 15 is 0 Å². The van der Waals surface area contributed by atoms with Crippen molar-refractivity contribution in [3.63, 3.8) is 0 Å². The van der Waals surface area contributed by atoms with Crippen LogP contribution in [-0.4, -0.2) is 88.4 Å². The van der Waals surface area contributed by atoms with Crippen molar-refractivity contribution in [1.29, 1.82) is 0 Å². The SMILES string of the molecule is O=C(O)c1ccccc1Nc1nc(NCCNc2nc(NCCc3ccc(O)cc3)nc(Nc3ccccc3C(=O)O)n2)nc(NCCc2ccc(O)cc2)n1. The number of phenols is 2. The van der Waals surface area contributed by atoms with E-state index in [0.29, 0.717) is 37.3 Å². The van der Waals surface area contributed by atoms with Gasteiger partial charge < -0.3 is 52.3 Å². The highest BCUT2D eigenvalue weighted by Crippen LogP contribution is 2.22. The number of carboxylic acid groups (broad SMARTS) is 2. The van der Waals surface area contributed by atoms with Gasteiger partial charge in [-0.05, 0) is 72.5 Å². The zero-order chi connectivity index (χ0) is 39.3. The Hall–Kier alpha value is -7.76. The first-order chi connectivity index (χ1) is 27.2. The Balaban J connectivity index is 1.15. The third kappa shape index (κ3) is 10.9. The van der Waals surface area contributed by atoms with E-state index in [2.05, 4.69) is 61.8 Å². The van der Waals surface area contributed by atoms with Crippen molar-refractivity contribution >= 4 is 59.0 Å². The summed E-state index contributed by atoms with van der Waals surface area (Å²) in [5.74, 6) is -0.791. The lowest BCUT2D eigenvalue weighted by Crippen LogP contribution is -2.19. The minimum absolute atomic E-state index is 0.0420. The first-order valence-corrected chi connectivity index (χ1v) is 17.4. The summed E-state index contributed by atoms with van der Waals surface area (Å²) in [6.45, 7) is 1.47. The molecule has 10 N–H and O–H groups in total. The van der Waals surface area contributed by atoms with Gasteiger partial charge in [0.1, 0.15) is 11.5 Å². The number of nitrogens with zero attached hydrogens (tertiary/aromatic N) is 6. The highest BCUT2D eigenvalue weighted by Gasteiger charge is 2.15. The molecule has 0 fully saturated rings. The van der Waals surface area contributed by atoms with Gasteiger partial charge in [0.25, 0.3) is 0 Å². The van der Waals surface area contributed by atoms with Crippen molar-refractivity contribution in [3.05, 3.63) is 119 Å². The lowest BCUT2D eigenvalue weighted by Gasteiger charge is -2.14. The van der Waals surface area contributed by atoms with Crippen molar-refractivity contribution in [2.75, 3.05) is 58.1 Å². The molecular formula is C38H38N12O6. The summed E-state index contributed by atoms with van der Waals surface area (Å²) in [4.78, 5) is 50.5. The van der Waals surface area contributed by atoms with Gasteiger partial charge in [0, 0.05) is 26.2 Å². The van der Waals surface area contributed by atoms with E-state index in [9.17, 15) is 30.0 Å². The first kappa shape index (κ1) is 38.0. The predicted octanol–water partition coefficient (Wildman–Crippen LogP) is 5.18. The molecule has 0 amide bonds. The van der Waals surface area contributed by atoms with E-state index in [-0.39, 0.29) is 71.4 Å². The van der Waals surface area contributed by atoms with Crippen LogP contribution in [-0.2, 0) is 12.8 Å². The number of carboxylic acids is 2. The maximum absolute atomic E-state index is 11.8. The van der Waals surface area contributed by atoms with Crippen molar-refractivity contribution in [1.82, 2.24) is 29.9 Å². The van der Waals surface area contributed by atoms with Gasteiger partial charge in [0.2, 0.25) is 35.7 Å². The third-order valence-corrected chi connectivity index (χ3v) is 8.04. The molecule has 56 heavy (non-hydrogen) atoms. The maximum Gasteiger partial charge on any atom is 0.337 e. The molecule has 18 heteroatoms. The number of hydrogen-bond acceptors (Lipinski definition) is 16. The van der Waals surface area contributed by atoms with Gasteiger partial charge >= 0.3 is 11.9 Å². The van der Waals surface area contributed by atoms with Crippen LogP contribution in [0.25, 0.3) is 0 Å². The molecule has 0 unspecified atom stereocenters. The molecule has 0 bridgehead atoms. The summed E-state index contributed by atoms with van der Waals surface area (Å²) in [5, 5.41) is 57.1. The molecule has 0 saturated carbocycles. The number of phenolic OH excluding ortho intramolecular Hbond substituents is 2. The molecule has 4 aromatic carbocycles. The van der Waals surface area contributed by atoms with Crippen molar-refractivity contribution in [2.45, 2.75) is 12.8 Å². The van der Waals surface area contributed by atoms with Crippen LogP contribution in [0.1, 0.15) is 31.8 Å². The number of anilines is 8. The number of aromatic hydroxyl groups is 2. The standard InChI is InChI=1S/C38H38N12O6/c51-25-13-9-23(10-14-25)17-19-39-33-45-35(49-37(47-33)43-29-7-3-1-5-27(29)31(53)54)41-21-22-42-36-46-34(40-20-18-24-11-15-26(52)16-12-24)48-38(50-36)44-30-8-4-2-6-28(30)32(55)56/h1-16,51-52H,17-22H2,(H,53,54)(H,55,56)(H3,39,41,43,45,47,49)(H3,40,42,44,46,48,50). The van der Waals surface area contributed by atoms with Crippen molar-refractivity contribution < 1.29 is 30.0 Å². The Labute approximate surface area is 320 Å². The minimum Gasteiger partial charge on any atom is -0.508 e. The summed E-state index contributed by atoms with van der Waals surface area (Å²) >= 11 is 0. The largest absolute Gasteiger partial charge is 0.508 e. The summed E-state index contributed by atoms with van der Waals surface area (Å²) in [6, 6.07) is 26.5. The molecular weight excluding hydrogens is 720 g/mol. The van der Waals surface area contributed by atoms with Gasteiger partial charge in [-0.2, -0.15) is 29.9 Å². The molecule has 0 spiro atoms. The molecule has 0 saturated heterocycles. The van der Waals surface area contributed by atoms with Crippen LogP contribution in [0, 0.1) is 0 Å². The van der Waals surface area contributed by atoms with E-state index in [4.69, 9.17) is 0 Å². The summed E-state index contributed by atoms with van der Waals surface area (Å²) in [5.41, 5.74) is 2.65. The van der Waals surface area contributed by atoms with Gasteiger partial charge in [-0.1, -0.05) is 48.5 Å². The molecule has 0 atom stereocenters. The van der Waals surface area contributed by atoms with Crippen molar-refractivity contribution in [2.24, 2.45) is 0 Å². The molecule has 6 aromatic rings. The fraction of sp³-hybridized carbons (Fsp3) is 0.158. The zero-order valence-electron chi connectivity index (χ0n) is 29.8. The summed E-state index contributed by atoms with van der Waals surface area (Å²) in [6.07, 6.45) is 1.23. The molecule has 286 valence electrons. The molecule has 6 rings (SSSR count). The fourth-order valence-corrected chi connectivity index (χ4v) is 5.29. The minimum atomic E-state index is -1.11. The normalized spacial score (nSPS) is 10.6. The average Bonchev–Trinajstić information content (AvgIpc) is 3.18. The number of nitrogens with one attached hydrogen (secondary N) is 6. The molecule has 0 aliphatic heterocycles. The first-order valence-electron chi connectivity index (χ1n) is 17.4. The third-order valence-electron chi connectivity index (χ3n) is 8.04. The van der Waals surface area contributed by atoms with Gasteiger partial charge in [0.15, 0.2) is 0 Å². The van der Waals surface area contributed by atoms with Crippen LogP contribution in [0.15, 0.2) is 97.1 Å². The Morgan fingerprint density at radius 2 is 0.750 bits per heavy atom. The lowest BCUT2D eigenvalue weighted by atomic mass is 10.1. The molecule has 0 radical (unpaired) electrons.